The maximum absolute atomic E-state index is 12.5. The standard InChI is InChI=1S/C19H29NO3/c1-4-5-12-23-17-11-10-15(13-18(17)22-3)19(21)20-16-9-7-6-8-14(16)2/h10-11,13-14,16H,4-9,12H2,1-3H3,(H,20,21)/t14-,16+/m0/s1. The molecule has 1 aliphatic rings. The van der Waals surface area contributed by atoms with Crippen LogP contribution in [0.4, 0.5) is 0 Å². The highest BCUT2D eigenvalue weighted by atomic mass is 16.5. The first kappa shape index (κ1) is 17.6. The van der Waals surface area contributed by atoms with Gasteiger partial charge >= 0.3 is 0 Å². The van der Waals surface area contributed by atoms with Crippen LogP contribution in [0.1, 0.15) is 62.7 Å². The zero-order valence-electron chi connectivity index (χ0n) is 14.6. The largest absolute Gasteiger partial charge is 0.493 e. The van der Waals surface area contributed by atoms with Gasteiger partial charge in [0, 0.05) is 11.6 Å². The van der Waals surface area contributed by atoms with Gasteiger partial charge in [-0.05, 0) is 43.4 Å². The van der Waals surface area contributed by atoms with E-state index < -0.39 is 0 Å². The van der Waals surface area contributed by atoms with Gasteiger partial charge < -0.3 is 14.8 Å². The smallest absolute Gasteiger partial charge is 0.251 e. The molecule has 2 rings (SSSR count). The Labute approximate surface area is 139 Å². The molecule has 23 heavy (non-hydrogen) atoms. The van der Waals surface area contributed by atoms with Gasteiger partial charge in [-0.15, -0.1) is 0 Å². The zero-order chi connectivity index (χ0) is 16.7. The third-order valence-corrected chi connectivity index (χ3v) is 4.61. The summed E-state index contributed by atoms with van der Waals surface area (Å²) in [6.45, 7) is 5.01. The fraction of sp³-hybridized carbons (Fsp3) is 0.632. The molecule has 0 aromatic heterocycles. The lowest BCUT2D eigenvalue weighted by atomic mass is 9.86. The summed E-state index contributed by atoms with van der Waals surface area (Å²) >= 11 is 0. The second kappa shape index (κ2) is 8.80. The molecule has 4 nitrogen and oxygen atoms in total. The molecule has 1 saturated carbocycles. The van der Waals surface area contributed by atoms with Crippen LogP contribution in [0.25, 0.3) is 0 Å². The molecule has 0 heterocycles. The van der Waals surface area contributed by atoms with Crippen LogP contribution in [-0.2, 0) is 0 Å². The van der Waals surface area contributed by atoms with Crippen LogP contribution < -0.4 is 14.8 Å². The van der Waals surface area contributed by atoms with Gasteiger partial charge in [-0.3, -0.25) is 4.79 Å². The normalized spacial score (nSPS) is 20.8. The third-order valence-electron chi connectivity index (χ3n) is 4.61. The molecule has 0 aliphatic heterocycles. The summed E-state index contributed by atoms with van der Waals surface area (Å²) in [5.74, 6) is 1.84. The molecule has 0 bridgehead atoms. The number of amides is 1. The van der Waals surface area contributed by atoms with Crippen molar-refractivity contribution >= 4 is 5.91 Å². The first-order chi connectivity index (χ1) is 11.2. The van der Waals surface area contributed by atoms with Gasteiger partial charge in [0.25, 0.3) is 5.91 Å². The van der Waals surface area contributed by atoms with Gasteiger partial charge in [0.05, 0.1) is 13.7 Å². The van der Waals surface area contributed by atoms with Crippen molar-refractivity contribution in [3.63, 3.8) is 0 Å². The van der Waals surface area contributed by atoms with Gasteiger partial charge in [-0.1, -0.05) is 33.1 Å². The van der Waals surface area contributed by atoms with Crippen molar-refractivity contribution in [1.29, 1.82) is 0 Å². The maximum atomic E-state index is 12.5. The summed E-state index contributed by atoms with van der Waals surface area (Å²) in [5.41, 5.74) is 0.627. The molecule has 0 spiro atoms. The molecule has 1 N–H and O–H groups in total. The summed E-state index contributed by atoms with van der Waals surface area (Å²) < 4.78 is 11.1. The van der Waals surface area contributed by atoms with Crippen LogP contribution in [0.3, 0.4) is 0 Å². The molecule has 4 heteroatoms. The molecule has 2 atom stereocenters. The zero-order valence-corrected chi connectivity index (χ0v) is 14.6. The van der Waals surface area contributed by atoms with Gasteiger partial charge in [0.2, 0.25) is 0 Å². The first-order valence-corrected chi connectivity index (χ1v) is 8.77. The highest BCUT2D eigenvalue weighted by molar-refractivity contribution is 5.95. The van der Waals surface area contributed by atoms with Crippen LogP contribution in [0.5, 0.6) is 11.5 Å². The second-order valence-electron chi connectivity index (χ2n) is 6.41. The average molecular weight is 319 g/mol. The van der Waals surface area contributed by atoms with Gasteiger partial charge in [0.15, 0.2) is 11.5 Å². The fourth-order valence-electron chi connectivity index (χ4n) is 3.04. The average Bonchev–Trinajstić information content (AvgIpc) is 2.57. The molecule has 0 saturated heterocycles. The Bertz CT molecular complexity index is 515. The minimum Gasteiger partial charge on any atom is -0.493 e. The van der Waals surface area contributed by atoms with Gasteiger partial charge in [0.1, 0.15) is 0 Å². The van der Waals surface area contributed by atoms with Crippen LogP contribution in [0.15, 0.2) is 18.2 Å². The Hall–Kier alpha value is -1.71. The van der Waals surface area contributed by atoms with Gasteiger partial charge in [-0.2, -0.15) is 0 Å². The second-order valence-corrected chi connectivity index (χ2v) is 6.41. The van der Waals surface area contributed by atoms with Crippen molar-refractivity contribution in [2.75, 3.05) is 13.7 Å². The molecule has 1 fully saturated rings. The Morgan fingerprint density at radius 1 is 1.26 bits per heavy atom. The molecule has 1 aromatic rings. The molecule has 128 valence electrons. The van der Waals surface area contributed by atoms with E-state index in [9.17, 15) is 4.79 Å². The van der Waals surface area contributed by atoms with E-state index in [1.54, 1.807) is 13.2 Å². The van der Waals surface area contributed by atoms with Crippen LogP contribution in [0, 0.1) is 5.92 Å². The minimum atomic E-state index is -0.0258. The van der Waals surface area contributed by atoms with Crippen molar-refractivity contribution in [2.45, 2.75) is 58.4 Å². The van der Waals surface area contributed by atoms with Crippen molar-refractivity contribution < 1.29 is 14.3 Å². The van der Waals surface area contributed by atoms with E-state index in [1.165, 1.54) is 19.3 Å². The van der Waals surface area contributed by atoms with Crippen LogP contribution >= 0.6 is 0 Å². The lowest BCUT2D eigenvalue weighted by Crippen LogP contribution is -2.41. The minimum absolute atomic E-state index is 0.0258. The Kier molecular flexibility index (Phi) is 6.75. The summed E-state index contributed by atoms with van der Waals surface area (Å²) in [4.78, 5) is 12.5. The van der Waals surface area contributed by atoms with E-state index in [1.807, 2.05) is 12.1 Å². The third kappa shape index (κ3) is 4.88. The predicted molar refractivity (Wildman–Crippen MR) is 92.3 cm³/mol. The molecule has 0 radical (unpaired) electrons. The number of unbranched alkanes of at least 4 members (excludes halogenated alkanes) is 1. The van der Waals surface area contributed by atoms with E-state index >= 15 is 0 Å². The molecular weight excluding hydrogens is 290 g/mol. The quantitative estimate of drug-likeness (QED) is 0.767. The Balaban J connectivity index is 2.02. The van der Waals surface area contributed by atoms with E-state index in [0.717, 1.165) is 19.3 Å². The fourth-order valence-corrected chi connectivity index (χ4v) is 3.04. The van der Waals surface area contributed by atoms with Crippen LogP contribution in [-0.4, -0.2) is 25.7 Å². The maximum Gasteiger partial charge on any atom is 0.251 e. The number of ether oxygens (including phenoxy) is 2. The monoisotopic (exact) mass is 319 g/mol. The SMILES string of the molecule is CCCCOc1ccc(C(=O)N[C@@H]2CCCC[C@@H]2C)cc1OC. The Morgan fingerprint density at radius 3 is 2.74 bits per heavy atom. The molecule has 1 amide bonds. The van der Waals surface area contributed by atoms with E-state index in [0.29, 0.717) is 29.6 Å². The molecule has 1 aliphatic carbocycles. The predicted octanol–water partition coefficient (Wildman–Crippen LogP) is 4.18. The summed E-state index contributed by atoms with van der Waals surface area (Å²) in [7, 11) is 1.60. The summed E-state index contributed by atoms with van der Waals surface area (Å²) in [6.07, 6.45) is 6.82. The molecular formula is C19H29NO3. The number of nitrogens with one attached hydrogen (secondary N) is 1. The number of hydrogen-bond donors (Lipinski definition) is 1. The highest BCUT2D eigenvalue weighted by Crippen LogP contribution is 2.29. The summed E-state index contributed by atoms with van der Waals surface area (Å²) in [5, 5.41) is 3.17. The van der Waals surface area contributed by atoms with E-state index in [4.69, 9.17) is 9.47 Å². The van der Waals surface area contributed by atoms with Crippen molar-refractivity contribution in [3.8, 4) is 11.5 Å². The Morgan fingerprint density at radius 2 is 2.04 bits per heavy atom. The number of hydrogen-bond acceptors (Lipinski definition) is 3. The summed E-state index contributed by atoms with van der Waals surface area (Å²) in [6, 6.07) is 5.69. The van der Waals surface area contributed by atoms with E-state index in [-0.39, 0.29) is 11.9 Å². The lowest BCUT2D eigenvalue weighted by molar-refractivity contribution is 0.0910. The van der Waals surface area contributed by atoms with Crippen molar-refractivity contribution in [1.82, 2.24) is 5.32 Å². The van der Waals surface area contributed by atoms with Crippen molar-refractivity contribution in [3.05, 3.63) is 23.8 Å². The van der Waals surface area contributed by atoms with E-state index in [2.05, 4.69) is 19.2 Å². The topological polar surface area (TPSA) is 47.6 Å². The number of methoxy groups -OCH3 is 1. The number of rotatable bonds is 7. The lowest BCUT2D eigenvalue weighted by Gasteiger charge is -2.29. The van der Waals surface area contributed by atoms with Crippen LogP contribution in [0.2, 0.25) is 0 Å². The highest BCUT2D eigenvalue weighted by Gasteiger charge is 2.23. The van der Waals surface area contributed by atoms with Crippen molar-refractivity contribution in [2.24, 2.45) is 5.92 Å². The molecule has 1 aromatic carbocycles. The first-order valence-electron chi connectivity index (χ1n) is 8.77. The van der Waals surface area contributed by atoms with Gasteiger partial charge in [-0.25, -0.2) is 0 Å². The number of carbonyl (C=O) groups excluding carboxylic acids is 1. The number of benzene rings is 1. The molecule has 0 unspecified atom stereocenters. The number of carbonyl (C=O) groups is 1.